The largest absolute Gasteiger partial charge is 0.386 e. The van der Waals surface area contributed by atoms with E-state index >= 15 is 0 Å². The van der Waals surface area contributed by atoms with Crippen molar-refractivity contribution in [3.05, 3.63) is 179 Å². The predicted octanol–water partition coefficient (Wildman–Crippen LogP) is 12.1. The summed E-state index contributed by atoms with van der Waals surface area (Å²) in [7, 11) is -14.7. The van der Waals surface area contributed by atoms with Crippen LogP contribution in [0.2, 0.25) is 0 Å². The van der Waals surface area contributed by atoms with Crippen LogP contribution in [0.1, 0.15) is 126 Å². The van der Waals surface area contributed by atoms with E-state index in [9.17, 15) is 47.0 Å². The van der Waals surface area contributed by atoms with Crippen molar-refractivity contribution in [2.24, 2.45) is 0 Å². The Labute approximate surface area is 727 Å². The van der Waals surface area contributed by atoms with Gasteiger partial charge in [-0.25, -0.2) is 0 Å². The highest BCUT2D eigenvalue weighted by molar-refractivity contribution is 7.61. The van der Waals surface area contributed by atoms with E-state index in [1.165, 1.54) is 40.1 Å². The average Bonchev–Trinajstić information content (AvgIpc) is 1.64. The molecule has 3 aromatic rings. The van der Waals surface area contributed by atoms with Crippen molar-refractivity contribution in [3.63, 3.8) is 0 Å². The summed E-state index contributed by atoms with van der Waals surface area (Å²) in [4.78, 5) is 73.8. The van der Waals surface area contributed by atoms with Crippen LogP contribution < -0.4 is 0 Å². The molecule has 40 heteroatoms. The molecule has 0 spiro atoms. The van der Waals surface area contributed by atoms with Crippen molar-refractivity contribution in [1.82, 2.24) is 0 Å². The number of benzene rings is 3. The van der Waals surface area contributed by atoms with Gasteiger partial charge >= 0.3 is 15.2 Å². The van der Waals surface area contributed by atoms with Gasteiger partial charge in [0.15, 0.2) is 0 Å². The summed E-state index contributed by atoms with van der Waals surface area (Å²) >= 11 is 0. The van der Waals surface area contributed by atoms with Gasteiger partial charge in [-0.3, -0.25) is 27.4 Å². The van der Waals surface area contributed by atoms with E-state index in [-0.39, 0.29) is 104 Å². The van der Waals surface area contributed by atoms with Crippen molar-refractivity contribution in [2.75, 3.05) is 88.5 Å². The first-order chi connectivity index (χ1) is 59.6. The fraction of sp³-hybridized carbons (Fsp3) is 0.634. The lowest BCUT2D eigenvalue weighted by molar-refractivity contribution is -0.0694. The molecule has 34 nitrogen and oxygen atoms in total. The quantitative estimate of drug-likeness (QED) is 0.0245. The minimum absolute atomic E-state index is 0.0338. The highest BCUT2D eigenvalue weighted by Gasteiger charge is 2.50. The summed E-state index contributed by atoms with van der Waals surface area (Å²) in [6.07, 6.45) is -9.75. The molecule has 6 fully saturated rings. The van der Waals surface area contributed by atoms with Crippen molar-refractivity contribution >= 4 is 44.7 Å². The number of aliphatic hydroxyl groups is 2. The van der Waals surface area contributed by atoms with Crippen LogP contribution in [0, 0.1) is 0 Å². The van der Waals surface area contributed by atoms with Crippen LogP contribution in [0.15, 0.2) is 162 Å². The SMILES string of the molecule is [2H]/C(=C\P(=O)(O)CO)[C@H]1O[C@@H](c2ccccc2)[C@H](OC)[C@@H]1OC(C)C.[2H]/C(=C\P(=O)(O)O)[C@H]1O[C@@H](c2ccccc2)[C@H](OC)[C@@H]1OC(C)C.[2H]/C(=C\P(C)(=O)O)[C@H]1OC[C@H](OC)[C@@H]1OC(C)C.[2H]/C(=C\[C@H]1OC[C@H](OC)[C@@H]1OC(C)C)P(=O)(O)CO.[2H]/C(=C\[C@H]1OC[C@H](OC)[C@@H]1OC(C)C)P(=O)(O)O.[2H]/C(=C\[C@H]1O[C@@H](c2ccccc2)[C@H](OC)[C@@H]1OC(C)C)P(C)(=O)O. The molecule has 4 unspecified atom stereocenters. The maximum absolute atomic E-state index is 11.8. The normalized spacial score (nSPS) is 32.0. The van der Waals surface area contributed by atoms with E-state index in [0.717, 1.165) is 41.1 Å². The second kappa shape index (κ2) is 53.5. The zero-order valence-corrected chi connectivity index (χ0v) is 78.1. The molecular formula is C82H134O34P6. The van der Waals surface area contributed by atoms with E-state index in [1.807, 2.05) is 174 Å². The zero-order valence-electron chi connectivity index (χ0n) is 78.7. The molecule has 0 bridgehead atoms. The van der Waals surface area contributed by atoms with Crippen LogP contribution in [-0.2, 0) is 113 Å². The number of hydrogen-bond donors (Lipinski definition) is 10. The Bertz CT molecular complexity index is 4310. The van der Waals surface area contributed by atoms with Crippen molar-refractivity contribution in [1.29, 1.82) is 0 Å². The molecule has 10 N–H and O–H groups in total. The lowest BCUT2D eigenvalue weighted by Crippen LogP contribution is -2.36. The van der Waals surface area contributed by atoms with Gasteiger partial charge in [0.25, 0.3) is 0 Å². The molecule has 9 rings (SSSR count). The molecule has 6 aliphatic heterocycles. The molecule has 25 atom stereocenters. The minimum Gasteiger partial charge on any atom is -0.386 e. The van der Waals surface area contributed by atoms with Gasteiger partial charge < -0.3 is 135 Å². The molecule has 0 amide bonds. The summed E-state index contributed by atoms with van der Waals surface area (Å²) in [6.45, 7) is 25.6. The molecule has 0 saturated carbocycles. The standard InChI is InChI=1S/C17H25O6P.C17H25O5P.C16H23O6P.C11H21O6P.C11H21O5P.C10H19O6P/c1-12(2)22-16-14(9-10-24(19,20)11-18)23-15(17(16)21-3)13-7-5-4-6-8-13;1-12(2)21-16-14(10-11-23(4,18)19)22-15(17(16)20-3)13-8-6-5-7-9-13;1-11(2)21-15-13(9-10-23(17,18)19)22-14(16(15)20-3)12-7-5-4-6-8-12;1-8(2)17-11-9(16-6-10(11)15-3)4-5-18(13,14)7-12;1-8(2)16-11-9(5-6-17(4,12)13)15-7-10(11)14-3;1-7(2)16-10-8(4-5-17(11,12)13)15-6-9(10)14-3/h4-10,12,14-18H,11H2,1-3H3,(H,19,20);5-12,14-17H,1-4H3,(H,18,19);4-11,13-16H,1-3H3,(H2,17,18,19);4-5,8-12H,6-7H2,1-3H3,(H,13,14);5-6,8-11H,7H2,1-4H3,(H,12,13);4-5,7-10H,6H2,1-3H3,(H2,11,12,13)/b10-9+;11-10+;10-9+;5-4+;6-5+;5-4+/t2*14-,15+,16-,17+;13-,14+,15-,16+;2*9-,10+,11-;8-,9+,10-/m111111/s1/i9D;11D;9D;3*5D. The monoisotopic (exact) mass is 1850 g/mol. The Balaban J connectivity index is 0.000000324. The molecule has 6 saturated heterocycles. The fourth-order valence-electron chi connectivity index (χ4n) is 12.8. The first-order valence-electron chi connectivity index (χ1n) is 42.3. The van der Waals surface area contributed by atoms with E-state index in [0.29, 0.717) is 12.4 Å². The van der Waals surface area contributed by atoms with Gasteiger partial charge in [0.1, 0.15) is 141 Å². The van der Waals surface area contributed by atoms with Crippen LogP contribution in [0.3, 0.4) is 0 Å². The zero-order chi connectivity index (χ0) is 96.9. The molecular weight excluding hydrogens is 1710 g/mol. The summed E-state index contributed by atoms with van der Waals surface area (Å²) in [5.41, 5.74) is 2.66. The van der Waals surface area contributed by atoms with Gasteiger partial charge in [0.05, 0.1) is 64.7 Å². The maximum Gasteiger partial charge on any atom is 0.348 e. The third-order valence-corrected chi connectivity index (χ3v) is 21.9. The Morgan fingerprint density at radius 2 is 0.631 bits per heavy atom. The van der Waals surface area contributed by atoms with Crippen LogP contribution in [0.4, 0.5) is 0 Å². The molecule has 696 valence electrons. The topological polar surface area (TPSA) is 471 Å². The lowest BCUT2D eigenvalue weighted by Gasteiger charge is -2.24. The van der Waals surface area contributed by atoms with Gasteiger partial charge in [-0.1, -0.05) is 91.0 Å². The molecule has 0 aromatic heterocycles. The number of ether oxygens (including phenoxy) is 18. The number of methoxy groups -OCH3 is 6. The van der Waals surface area contributed by atoms with Crippen molar-refractivity contribution in [2.45, 2.75) is 248 Å². The third-order valence-electron chi connectivity index (χ3n) is 17.8. The van der Waals surface area contributed by atoms with Crippen LogP contribution in [0.5, 0.6) is 0 Å². The Hall–Kier alpha value is -3.64. The Morgan fingerprint density at radius 1 is 0.344 bits per heavy atom. The highest BCUT2D eigenvalue weighted by Crippen LogP contribution is 2.47. The molecule has 0 aliphatic carbocycles. The van der Waals surface area contributed by atoms with Gasteiger partial charge in [-0.15, -0.1) is 0 Å². The van der Waals surface area contributed by atoms with Gasteiger partial charge in [0.2, 0.25) is 29.5 Å². The number of aliphatic hydroxyl groups excluding tert-OH is 2. The van der Waals surface area contributed by atoms with Crippen molar-refractivity contribution in [3.8, 4) is 0 Å². The van der Waals surface area contributed by atoms with Crippen molar-refractivity contribution < 1.29 is 170 Å². The first kappa shape index (κ1) is 101. The Morgan fingerprint density at radius 3 is 0.926 bits per heavy atom. The highest BCUT2D eigenvalue weighted by atomic mass is 31.2. The molecule has 6 aliphatic rings. The summed E-state index contributed by atoms with van der Waals surface area (Å²) in [5.74, 6) is 0.860. The smallest absolute Gasteiger partial charge is 0.348 e. The Kier molecular flexibility index (Phi) is 44.1. The molecule has 6 heterocycles. The van der Waals surface area contributed by atoms with E-state index in [1.54, 1.807) is 21.3 Å². The molecule has 0 radical (unpaired) electrons. The first-order valence-corrected chi connectivity index (χ1v) is 50.7. The van der Waals surface area contributed by atoms with E-state index < -0.39 is 167 Å². The average molecular weight is 1860 g/mol. The van der Waals surface area contributed by atoms with Gasteiger partial charge in [0, 0.05) is 79.2 Å². The summed E-state index contributed by atoms with van der Waals surface area (Å²) < 4.78 is 216. The van der Waals surface area contributed by atoms with Crippen LogP contribution in [0.25, 0.3) is 0 Å². The maximum atomic E-state index is 11.8. The second-order valence-corrected chi connectivity index (χ2v) is 41.3. The minimum atomic E-state index is -4.55. The fourth-order valence-corrected chi connectivity index (χ4v) is 15.2. The third kappa shape index (κ3) is 39.8. The van der Waals surface area contributed by atoms with Gasteiger partial charge in [-0.2, -0.15) is 0 Å². The number of rotatable bonds is 35. The predicted molar refractivity (Wildman–Crippen MR) is 460 cm³/mol. The summed E-state index contributed by atoms with van der Waals surface area (Å²) in [6, 6.07) is 27.9. The van der Waals surface area contributed by atoms with Crippen LogP contribution in [-0.4, -0.2) is 284 Å². The lowest BCUT2D eigenvalue weighted by atomic mass is 10.0. The summed E-state index contributed by atoms with van der Waals surface area (Å²) in [5, 5.41) is 17.8. The van der Waals surface area contributed by atoms with E-state index in [2.05, 4.69) is 0 Å². The van der Waals surface area contributed by atoms with Gasteiger partial charge in [-0.05, 0) is 148 Å². The number of hydrogen-bond acceptors (Lipinski definition) is 26. The van der Waals surface area contributed by atoms with E-state index in [4.69, 9.17) is 123 Å². The molecule has 122 heavy (non-hydrogen) atoms. The molecule has 3 aromatic carbocycles. The second-order valence-electron chi connectivity index (χ2n) is 30.3. The van der Waals surface area contributed by atoms with Crippen LogP contribution >= 0.6 is 44.7 Å².